The summed E-state index contributed by atoms with van der Waals surface area (Å²) in [6, 6.07) is 0.359. The Morgan fingerprint density at radius 1 is 1.28 bits per heavy atom. The van der Waals surface area contributed by atoms with Gasteiger partial charge in [0.25, 0.3) is 0 Å². The van der Waals surface area contributed by atoms with E-state index in [4.69, 9.17) is 0 Å². The van der Waals surface area contributed by atoms with E-state index in [1.54, 1.807) is 0 Å². The molecular weight excluding hydrogens is 389 g/mol. The number of nitrogens with one attached hydrogen (secondary N) is 2. The molecule has 0 aromatic carbocycles. The topological polar surface area (TPSA) is 107 Å². The second-order valence-electron chi connectivity index (χ2n) is 7.59. The molecule has 0 bridgehead atoms. The molecule has 1 amide bonds. The molecule has 160 valence electrons. The van der Waals surface area contributed by atoms with Gasteiger partial charge in [0, 0.05) is 12.2 Å². The fraction of sp³-hybridized carbons (Fsp3) is 0.632. The lowest BCUT2D eigenvalue weighted by Gasteiger charge is -2.33. The number of nitrogens with zero attached hydrogens (tertiary/aromatic N) is 2. The second-order valence-corrected chi connectivity index (χ2v) is 7.59. The number of aromatic nitrogens is 1. The van der Waals surface area contributed by atoms with E-state index in [1.807, 2.05) is 6.92 Å². The molecule has 1 aromatic rings. The van der Waals surface area contributed by atoms with Crippen LogP contribution >= 0.6 is 0 Å². The summed E-state index contributed by atoms with van der Waals surface area (Å²) >= 11 is 0. The molecule has 1 aliphatic heterocycles. The highest BCUT2D eigenvalue weighted by Crippen LogP contribution is 2.32. The van der Waals surface area contributed by atoms with Crippen molar-refractivity contribution >= 4 is 11.7 Å². The molecule has 4 N–H and O–H groups in total. The van der Waals surface area contributed by atoms with Crippen molar-refractivity contribution in [2.24, 2.45) is 10.9 Å². The Morgan fingerprint density at radius 3 is 2.62 bits per heavy atom. The minimum atomic E-state index is -4.69. The summed E-state index contributed by atoms with van der Waals surface area (Å²) in [6.07, 6.45) is -1.50. The van der Waals surface area contributed by atoms with E-state index in [1.165, 1.54) is 0 Å². The molecule has 0 spiro atoms. The highest BCUT2D eigenvalue weighted by molar-refractivity contribution is 6.01. The number of rotatable bonds is 4. The van der Waals surface area contributed by atoms with E-state index in [-0.39, 0.29) is 11.9 Å². The number of aliphatic imine (C=N–C) groups is 1. The van der Waals surface area contributed by atoms with Gasteiger partial charge in [-0.25, -0.2) is 0 Å². The van der Waals surface area contributed by atoms with Crippen LogP contribution in [0.2, 0.25) is 0 Å². The number of aliphatic hydroxyl groups excluding tert-OH is 2. The van der Waals surface area contributed by atoms with Gasteiger partial charge in [0.05, 0.1) is 5.56 Å². The molecule has 3 unspecified atom stereocenters. The fourth-order valence-electron chi connectivity index (χ4n) is 3.88. The molecule has 0 saturated heterocycles. The van der Waals surface area contributed by atoms with Crippen LogP contribution in [0.3, 0.4) is 0 Å². The van der Waals surface area contributed by atoms with Gasteiger partial charge in [-0.05, 0) is 37.8 Å². The fourth-order valence-corrected chi connectivity index (χ4v) is 3.88. The number of pyridine rings is 1. The highest BCUT2D eigenvalue weighted by atomic mass is 19.4. The van der Waals surface area contributed by atoms with Crippen molar-refractivity contribution in [3.8, 4) is 0 Å². The third-order valence-electron chi connectivity index (χ3n) is 5.53. The molecule has 1 aromatic heterocycles. The Morgan fingerprint density at radius 2 is 1.97 bits per heavy atom. The lowest BCUT2D eigenvalue weighted by atomic mass is 9.84. The number of carbonyl (C=O) groups is 1. The van der Waals surface area contributed by atoms with Gasteiger partial charge in [-0.15, -0.1) is 0 Å². The SMILES string of the molecule is C[C@@H](NC(=O)C1N=C(c2ncccc2C(F)(F)F)NC(O)C1O)C1CCCCC1. The number of amides is 1. The summed E-state index contributed by atoms with van der Waals surface area (Å²) in [6.45, 7) is 1.86. The van der Waals surface area contributed by atoms with Gasteiger partial charge in [0.1, 0.15) is 11.8 Å². The average Bonchev–Trinajstić information content (AvgIpc) is 2.69. The first-order valence-electron chi connectivity index (χ1n) is 9.72. The van der Waals surface area contributed by atoms with Gasteiger partial charge >= 0.3 is 6.18 Å². The average molecular weight is 414 g/mol. The Hall–Kier alpha value is -2.20. The van der Waals surface area contributed by atoms with Crippen LogP contribution in [0.1, 0.15) is 50.3 Å². The van der Waals surface area contributed by atoms with Crippen molar-refractivity contribution in [2.45, 2.75) is 69.6 Å². The van der Waals surface area contributed by atoms with Crippen molar-refractivity contribution in [3.05, 3.63) is 29.6 Å². The first kappa shape index (κ1) is 21.5. The van der Waals surface area contributed by atoms with Crippen molar-refractivity contribution in [1.82, 2.24) is 15.6 Å². The van der Waals surface area contributed by atoms with E-state index in [2.05, 4.69) is 20.6 Å². The lowest BCUT2D eigenvalue weighted by molar-refractivity contribution is -0.138. The molecule has 2 heterocycles. The number of amidine groups is 1. The van der Waals surface area contributed by atoms with Crippen LogP contribution < -0.4 is 10.6 Å². The standard InChI is InChI=1S/C19H25F3N4O3/c1-10(11-6-3-2-4-7-11)24-17(28)14-15(27)18(29)26-16(25-14)13-12(19(20,21)22)8-5-9-23-13/h5,8-11,14-15,18,27,29H,2-4,6-7H2,1H3,(H,24,28)(H,25,26)/t10-,14?,15?,18?/m1/s1. The highest BCUT2D eigenvalue weighted by Gasteiger charge is 2.41. The van der Waals surface area contributed by atoms with Crippen LogP contribution in [0, 0.1) is 5.92 Å². The van der Waals surface area contributed by atoms with Crippen LogP contribution in [0.15, 0.2) is 23.3 Å². The first-order chi connectivity index (χ1) is 13.7. The minimum absolute atomic E-state index is 0.165. The maximum absolute atomic E-state index is 13.3. The number of halogens is 3. The van der Waals surface area contributed by atoms with Crippen LogP contribution in [0.4, 0.5) is 13.2 Å². The van der Waals surface area contributed by atoms with Crippen LogP contribution in [0.25, 0.3) is 0 Å². The number of carbonyl (C=O) groups excluding carboxylic acids is 1. The largest absolute Gasteiger partial charge is 0.418 e. The van der Waals surface area contributed by atoms with Crippen molar-refractivity contribution < 1.29 is 28.2 Å². The minimum Gasteiger partial charge on any atom is -0.386 e. The molecular formula is C19H25F3N4O3. The van der Waals surface area contributed by atoms with E-state index in [9.17, 15) is 28.2 Å². The third-order valence-corrected chi connectivity index (χ3v) is 5.53. The summed E-state index contributed by atoms with van der Waals surface area (Å²) in [5.74, 6) is -0.730. The van der Waals surface area contributed by atoms with E-state index in [0.717, 1.165) is 50.4 Å². The second kappa shape index (κ2) is 8.66. The number of aliphatic hydroxyl groups is 2. The summed E-state index contributed by atoms with van der Waals surface area (Å²) < 4.78 is 39.9. The first-order valence-corrected chi connectivity index (χ1v) is 9.72. The van der Waals surface area contributed by atoms with E-state index >= 15 is 0 Å². The molecule has 7 nitrogen and oxygen atoms in total. The normalized spacial score (nSPS) is 27.0. The molecule has 0 radical (unpaired) electrons. The van der Waals surface area contributed by atoms with Gasteiger partial charge in [0.15, 0.2) is 18.1 Å². The third kappa shape index (κ3) is 4.87. The number of hydrogen-bond donors (Lipinski definition) is 4. The maximum Gasteiger partial charge on any atom is 0.418 e. The zero-order valence-electron chi connectivity index (χ0n) is 16.0. The predicted octanol–water partition coefficient (Wildman–Crippen LogP) is 1.58. The van der Waals surface area contributed by atoms with Gasteiger partial charge in [-0.2, -0.15) is 13.2 Å². The molecule has 1 fully saturated rings. The van der Waals surface area contributed by atoms with E-state index in [0.29, 0.717) is 5.92 Å². The monoisotopic (exact) mass is 414 g/mol. The van der Waals surface area contributed by atoms with Gasteiger partial charge in [0.2, 0.25) is 5.91 Å². The lowest BCUT2D eigenvalue weighted by Crippen LogP contribution is -2.58. The summed E-state index contributed by atoms with van der Waals surface area (Å²) in [7, 11) is 0. The molecule has 4 atom stereocenters. The van der Waals surface area contributed by atoms with Gasteiger partial charge in [-0.3, -0.25) is 14.8 Å². The molecule has 29 heavy (non-hydrogen) atoms. The number of hydrogen-bond acceptors (Lipinski definition) is 6. The van der Waals surface area contributed by atoms with Gasteiger partial charge in [-0.1, -0.05) is 19.3 Å². The Kier molecular flexibility index (Phi) is 6.42. The van der Waals surface area contributed by atoms with Crippen molar-refractivity contribution in [2.75, 3.05) is 0 Å². The zero-order valence-corrected chi connectivity index (χ0v) is 16.0. The summed E-state index contributed by atoms with van der Waals surface area (Å²) in [5, 5.41) is 25.4. The van der Waals surface area contributed by atoms with E-state index < -0.39 is 41.7 Å². The molecule has 10 heteroatoms. The Bertz CT molecular complexity index is 765. The van der Waals surface area contributed by atoms with Crippen LogP contribution in [-0.4, -0.2) is 51.4 Å². The molecule has 2 aliphatic rings. The molecule has 3 rings (SSSR count). The zero-order chi connectivity index (χ0) is 21.2. The van der Waals surface area contributed by atoms with Crippen molar-refractivity contribution in [3.63, 3.8) is 0 Å². The number of alkyl halides is 3. The molecule has 1 saturated carbocycles. The van der Waals surface area contributed by atoms with Crippen molar-refractivity contribution in [1.29, 1.82) is 0 Å². The van der Waals surface area contributed by atoms with Gasteiger partial charge < -0.3 is 20.8 Å². The Balaban J connectivity index is 1.84. The van der Waals surface area contributed by atoms with Crippen LogP contribution in [0.5, 0.6) is 0 Å². The Labute approximate surface area is 166 Å². The quantitative estimate of drug-likeness (QED) is 0.599. The van der Waals surface area contributed by atoms with Crippen LogP contribution in [-0.2, 0) is 11.0 Å². The maximum atomic E-state index is 13.3. The summed E-state index contributed by atoms with van der Waals surface area (Å²) in [5.41, 5.74) is -1.59. The smallest absolute Gasteiger partial charge is 0.386 e. The predicted molar refractivity (Wildman–Crippen MR) is 98.9 cm³/mol. The molecule has 1 aliphatic carbocycles. The summed E-state index contributed by atoms with van der Waals surface area (Å²) in [4.78, 5) is 20.4.